The van der Waals surface area contributed by atoms with Gasteiger partial charge in [0.2, 0.25) is 0 Å². The van der Waals surface area contributed by atoms with Crippen molar-refractivity contribution >= 4 is 0 Å². The number of nitrogens with zero attached hydrogens (tertiary/aromatic N) is 2. The van der Waals surface area contributed by atoms with E-state index in [9.17, 15) is 5.11 Å². The Morgan fingerprint density at radius 2 is 2.05 bits per heavy atom. The normalized spacial score (nSPS) is 12.7. The third-order valence-electron chi connectivity index (χ3n) is 3.56. The van der Waals surface area contributed by atoms with Crippen molar-refractivity contribution in [1.29, 1.82) is 0 Å². The number of aryl methyl sites for hydroxylation is 1. The molecular weight excluding hydrogens is 266 g/mol. The number of unbranched alkanes of at least 4 members (excludes halogenated alkanes) is 5. The Labute approximate surface area is 128 Å². The molecule has 0 fully saturated rings. The first-order chi connectivity index (χ1) is 10.2. The van der Waals surface area contributed by atoms with Crippen LogP contribution in [-0.4, -0.2) is 40.7 Å². The van der Waals surface area contributed by atoms with Crippen LogP contribution in [-0.2, 0) is 18.3 Å². The van der Waals surface area contributed by atoms with Gasteiger partial charge in [0.15, 0.2) is 0 Å². The molecule has 0 bridgehead atoms. The van der Waals surface area contributed by atoms with Crippen molar-refractivity contribution < 1.29 is 9.84 Å². The van der Waals surface area contributed by atoms with E-state index < -0.39 is 6.10 Å². The molecule has 1 unspecified atom stereocenters. The number of rotatable bonds is 13. The minimum atomic E-state index is -0.446. The standard InChI is InChI=1S/C16H31N3O2/c1-3-4-5-6-7-8-11-21-14-16(20)13-17-12-15-9-10-18-19(15)2/h9-10,16-17,20H,3-8,11-14H2,1-2H3. The summed E-state index contributed by atoms with van der Waals surface area (Å²) in [5.74, 6) is 0. The van der Waals surface area contributed by atoms with Crippen LogP contribution in [0.5, 0.6) is 0 Å². The van der Waals surface area contributed by atoms with Gasteiger partial charge in [-0.3, -0.25) is 4.68 Å². The molecule has 1 atom stereocenters. The summed E-state index contributed by atoms with van der Waals surface area (Å²) in [6.45, 7) is 4.65. The quantitative estimate of drug-likeness (QED) is 0.548. The highest BCUT2D eigenvalue weighted by Gasteiger charge is 2.04. The predicted octanol–water partition coefficient (Wildman–Crippen LogP) is 2.25. The zero-order valence-electron chi connectivity index (χ0n) is 13.6. The van der Waals surface area contributed by atoms with Crippen molar-refractivity contribution in [2.75, 3.05) is 19.8 Å². The lowest BCUT2D eigenvalue weighted by atomic mass is 10.1. The first-order valence-corrected chi connectivity index (χ1v) is 8.17. The van der Waals surface area contributed by atoms with Crippen molar-refractivity contribution in [1.82, 2.24) is 15.1 Å². The highest BCUT2D eigenvalue weighted by molar-refractivity contribution is 4.99. The van der Waals surface area contributed by atoms with Crippen LogP contribution in [0.15, 0.2) is 12.3 Å². The summed E-state index contributed by atoms with van der Waals surface area (Å²) in [5.41, 5.74) is 1.11. The number of ether oxygens (including phenoxy) is 1. The monoisotopic (exact) mass is 297 g/mol. The summed E-state index contributed by atoms with van der Waals surface area (Å²) in [4.78, 5) is 0. The van der Waals surface area contributed by atoms with Crippen molar-refractivity contribution in [3.63, 3.8) is 0 Å². The molecule has 5 nitrogen and oxygen atoms in total. The third-order valence-corrected chi connectivity index (χ3v) is 3.56. The van der Waals surface area contributed by atoms with Gasteiger partial charge in [-0.1, -0.05) is 39.0 Å². The van der Waals surface area contributed by atoms with Crippen molar-refractivity contribution in [2.45, 2.75) is 58.1 Å². The summed E-state index contributed by atoms with van der Waals surface area (Å²) in [5, 5.41) is 17.1. The van der Waals surface area contributed by atoms with Gasteiger partial charge in [-0.15, -0.1) is 0 Å². The molecule has 122 valence electrons. The van der Waals surface area contributed by atoms with E-state index in [0.717, 1.165) is 18.7 Å². The topological polar surface area (TPSA) is 59.3 Å². The summed E-state index contributed by atoms with van der Waals surface area (Å²) in [6, 6.07) is 1.97. The fourth-order valence-corrected chi connectivity index (χ4v) is 2.20. The van der Waals surface area contributed by atoms with Crippen LogP contribution >= 0.6 is 0 Å². The lowest BCUT2D eigenvalue weighted by Gasteiger charge is -2.12. The second-order valence-corrected chi connectivity index (χ2v) is 5.57. The Balaban J connectivity index is 1.90. The molecule has 0 saturated carbocycles. The zero-order valence-corrected chi connectivity index (χ0v) is 13.6. The SMILES string of the molecule is CCCCCCCCOCC(O)CNCc1ccnn1C. The molecule has 0 aliphatic carbocycles. The predicted molar refractivity (Wildman–Crippen MR) is 85.1 cm³/mol. The van der Waals surface area contributed by atoms with Gasteiger partial charge < -0.3 is 15.2 Å². The number of nitrogens with one attached hydrogen (secondary N) is 1. The van der Waals surface area contributed by atoms with Crippen LogP contribution in [0.4, 0.5) is 0 Å². The summed E-state index contributed by atoms with van der Waals surface area (Å²) in [7, 11) is 1.91. The van der Waals surface area contributed by atoms with Crippen LogP contribution in [0.1, 0.15) is 51.1 Å². The van der Waals surface area contributed by atoms with Crippen molar-refractivity contribution in [3.05, 3.63) is 18.0 Å². The van der Waals surface area contributed by atoms with Gasteiger partial charge in [0.25, 0.3) is 0 Å². The Hall–Kier alpha value is -0.910. The maximum atomic E-state index is 9.81. The van der Waals surface area contributed by atoms with Gasteiger partial charge in [-0.05, 0) is 12.5 Å². The molecule has 0 radical (unpaired) electrons. The summed E-state index contributed by atoms with van der Waals surface area (Å²) in [6.07, 6.45) is 8.91. The maximum absolute atomic E-state index is 9.81. The Morgan fingerprint density at radius 1 is 1.29 bits per heavy atom. The molecule has 5 heteroatoms. The van der Waals surface area contributed by atoms with Gasteiger partial charge >= 0.3 is 0 Å². The smallest absolute Gasteiger partial charge is 0.0897 e. The lowest BCUT2D eigenvalue weighted by molar-refractivity contribution is 0.0352. The maximum Gasteiger partial charge on any atom is 0.0897 e. The van der Waals surface area contributed by atoms with Gasteiger partial charge in [0.05, 0.1) is 18.4 Å². The van der Waals surface area contributed by atoms with Crippen LogP contribution < -0.4 is 5.32 Å². The van der Waals surface area contributed by atoms with Crippen LogP contribution in [0.2, 0.25) is 0 Å². The molecule has 1 heterocycles. The molecule has 1 rings (SSSR count). The molecule has 0 aromatic carbocycles. The average molecular weight is 297 g/mol. The largest absolute Gasteiger partial charge is 0.389 e. The number of aliphatic hydroxyl groups is 1. The van der Waals surface area contributed by atoms with E-state index in [0.29, 0.717) is 19.7 Å². The molecule has 1 aromatic rings. The molecule has 0 spiro atoms. The first kappa shape index (κ1) is 18.1. The van der Waals surface area contributed by atoms with Gasteiger partial charge in [-0.25, -0.2) is 0 Å². The fourth-order valence-electron chi connectivity index (χ4n) is 2.20. The van der Waals surface area contributed by atoms with Gasteiger partial charge in [0, 0.05) is 32.9 Å². The van der Waals surface area contributed by atoms with E-state index in [-0.39, 0.29) is 0 Å². The molecule has 0 saturated heterocycles. The lowest BCUT2D eigenvalue weighted by Crippen LogP contribution is -2.30. The highest BCUT2D eigenvalue weighted by atomic mass is 16.5. The number of aromatic nitrogens is 2. The van der Waals surface area contributed by atoms with Crippen molar-refractivity contribution in [2.24, 2.45) is 7.05 Å². The average Bonchev–Trinajstić information content (AvgIpc) is 2.87. The Morgan fingerprint density at radius 3 is 2.76 bits per heavy atom. The third kappa shape index (κ3) is 8.86. The first-order valence-electron chi connectivity index (χ1n) is 8.17. The molecule has 0 aliphatic heterocycles. The molecule has 0 amide bonds. The minimum Gasteiger partial charge on any atom is -0.389 e. The zero-order chi connectivity index (χ0) is 15.3. The highest BCUT2D eigenvalue weighted by Crippen LogP contribution is 2.05. The number of aliphatic hydroxyl groups excluding tert-OH is 1. The summed E-state index contributed by atoms with van der Waals surface area (Å²) >= 11 is 0. The molecule has 0 aliphatic rings. The van der Waals surface area contributed by atoms with E-state index in [4.69, 9.17) is 4.74 Å². The fraction of sp³-hybridized carbons (Fsp3) is 0.812. The van der Waals surface area contributed by atoms with E-state index in [2.05, 4.69) is 17.3 Å². The Kier molecular flexibility index (Phi) is 10.1. The Bertz CT molecular complexity index is 355. The van der Waals surface area contributed by atoms with Crippen LogP contribution in [0.3, 0.4) is 0 Å². The second-order valence-electron chi connectivity index (χ2n) is 5.57. The number of hydrogen-bond acceptors (Lipinski definition) is 4. The van der Waals surface area contributed by atoms with E-state index in [1.807, 2.05) is 17.8 Å². The van der Waals surface area contributed by atoms with Gasteiger partial charge in [-0.2, -0.15) is 5.10 Å². The molecule has 2 N–H and O–H groups in total. The minimum absolute atomic E-state index is 0.410. The van der Waals surface area contributed by atoms with E-state index in [1.54, 1.807) is 6.20 Å². The van der Waals surface area contributed by atoms with Crippen LogP contribution in [0, 0.1) is 0 Å². The molecule has 21 heavy (non-hydrogen) atoms. The second kappa shape index (κ2) is 11.7. The van der Waals surface area contributed by atoms with E-state index in [1.165, 1.54) is 32.1 Å². The van der Waals surface area contributed by atoms with Crippen molar-refractivity contribution in [3.8, 4) is 0 Å². The van der Waals surface area contributed by atoms with Crippen LogP contribution in [0.25, 0.3) is 0 Å². The van der Waals surface area contributed by atoms with E-state index >= 15 is 0 Å². The molecule has 1 aromatic heterocycles. The summed E-state index contributed by atoms with van der Waals surface area (Å²) < 4.78 is 7.33. The number of hydrogen-bond donors (Lipinski definition) is 2. The molecular formula is C16H31N3O2. The van der Waals surface area contributed by atoms with Gasteiger partial charge in [0.1, 0.15) is 0 Å².